The quantitative estimate of drug-likeness (QED) is 0.859. The summed E-state index contributed by atoms with van der Waals surface area (Å²) in [5, 5.41) is 2.97. The van der Waals surface area contributed by atoms with Gasteiger partial charge in [0.1, 0.15) is 5.75 Å². The lowest BCUT2D eigenvalue weighted by atomic mass is 10.0. The van der Waals surface area contributed by atoms with Crippen molar-refractivity contribution < 1.29 is 9.53 Å². The average Bonchev–Trinajstić information content (AvgIpc) is 2.47. The number of amides is 1. The molecular weight excluding hydrogens is 330 g/mol. The number of hydrogen-bond donors (Lipinski definition) is 1. The summed E-state index contributed by atoms with van der Waals surface area (Å²) < 4.78 is 5.93. The molecule has 0 unspecified atom stereocenters. The van der Waals surface area contributed by atoms with Crippen LogP contribution >= 0.6 is 15.9 Å². The molecule has 0 fully saturated rings. The molecule has 4 heteroatoms. The van der Waals surface area contributed by atoms with E-state index < -0.39 is 0 Å². The lowest BCUT2D eigenvalue weighted by molar-refractivity contribution is 0.102. The molecule has 0 spiro atoms. The van der Waals surface area contributed by atoms with Crippen LogP contribution in [-0.4, -0.2) is 13.0 Å². The van der Waals surface area contributed by atoms with Crippen molar-refractivity contribution >= 4 is 27.5 Å². The minimum Gasteiger partial charge on any atom is -0.496 e. The third kappa shape index (κ3) is 3.64. The highest BCUT2D eigenvalue weighted by atomic mass is 79.9. The Kier molecular flexibility index (Phi) is 5.02. The third-order valence-corrected chi connectivity index (χ3v) is 3.86. The van der Waals surface area contributed by atoms with E-state index >= 15 is 0 Å². The molecule has 2 aromatic carbocycles. The first-order chi connectivity index (χ1) is 10.0. The van der Waals surface area contributed by atoms with Crippen LogP contribution in [0.15, 0.2) is 46.9 Å². The molecule has 0 saturated heterocycles. The van der Waals surface area contributed by atoms with E-state index in [1.807, 2.05) is 24.3 Å². The van der Waals surface area contributed by atoms with Gasteiger partial charge in [-0.2, -0.15) is 0 Å². The van der Waals surface area contributed by atoms with Crippen molar-refractivity contribution in [1.82, 2.24) is 0 Å². The van der Waals surface area contributed by atoms with Crippen molar-refractivity contribution in [3.05, 3.63) is 58.1 Å². The van der Waals surface area contributed by atoms with Crippen molar-refractivity contribution in [2.75, 3.05) is 12.4 Å². The van der Waals surface area contributed by atoms with Gasteiger partial charge in [0.05, 0.1) is 11.6 Å². The van der Waals surface area contributed by atoms with Crippen molar-refractivity contribution in [3.63, 3.8) is 0 Å². The maximum absolute atomic E-state index is 12.4. The van der Waals surface area contributed by atoms with Crippen molar-refractivity contribution in [1.29, 1.82) is 0 Å². The smallest absolute Gasteiger partial charge is 0.255 e. The molecule has 1 amide bonds. The predicted octanol–water partition coefficient (Wildman–Crippen LogP) is 4.83. The van der Waals surface area contributed by atoms with Gasteiger partial charge in [0.2, 0.25) is 0 Å². The van der Waals surface area contributed by atoms with Crippen LogP contribution in [-0.2, 0) is 0 Å². The number of carbonyl (C=O) groups is 1. The molecule has 0 bridgehead atoms. The van der Waals surface area contributed by atoms with E-state index in [-0.39, 0.29) is 5.91 Å². The molecule has 2 rings (SSSR count). The van der Waals surface area contributed by atoms with Crippen molar-refractivity contribution in [2.24, 2.45) is 0 Å². The molecule has 0 aromatic heterocycles. The number of ether oxygens (including phenoxy) is 1. The summed E-state index contributed by atoms with van der Waals surface area (Å²) in [4.78, 5) is 12.4. The highest BCUT2D eigenvalue weighted by Gasteiger charge is 2.12. The van der Waals surface area contributed by atoms with Gasteiger partial charge in [0.25, 0.3) is 5.91 Å². The SMILES string of the molecule is COc1ccc(C(=O)Nc2ccccc2C(C)C)cc1Br. The third-order valence-electron chi connectivity index (χ3n) is 3.24. The van der Waals surface area contributed by atoms with Crippen LogP contribution in [0.3, 0.4) is 0 Å². The summed E-state index contributed by atoms with van der Waals surface area (Å²) in [5.74, 6) is 0.921. The zero-order chi connectivity index (χ0) is 15.4. The molecule has 0 aliphatic rings. The largest absolute Gasteiger partial charge is 0.496 e. The normalized spacial score (nSPS) is 10.5. The van der Waals surface area contributed by atoms with Gasteiger partial charge >= 0.3 is 0 Å². The monoisotopic (exact) mass is 347 g/mol. The van der Waals surface area contributed by atoms with Gasteiger partial charge in [-0.15, -0.1) is 0 Å². The second-order valence-electron chi connectivity index (χ2n) is 5.05. The molecule has 0 aliphatic heterocycles. The summed E-state index contributed by atoms with van der Waals surface area (Å²) >= 11 is 3.39. The molecule has 0 heterocycles. The molecule has 2 aromatic rings. The first kappa shape index (κ1) is 15.6. The fourth-order valence-corrected chi connectivity index (χ4v) is 2.66. The van der Waals surface area contributed by atoms with Gasteiger partial charge in [-0.1, -0.05) is 32.0 Å². The second-order valence-corrected chi connectivity index (χ2v) is 5.90. The molecule has 3 nitrogen and oxygen atoms in total. The molecule has 0 radical (unpaired) electrons. The maximum Gasteiger partial charge on any atom is 0.255 e. The molecule has 0 saturated carbocycles. The number of methoxy groups -OCH3 is 1. The first-order valence-corrected chi connectivity index (χ1v) is 7.56. The standard InChI is InChI=1S/C17H18BrNO2/c1-11(2)13-6-4-5-7-15(13)19-17(20)12-8-9-16(21-3)14(18)10-12/h4-11H,1-3H3,(H,19,20). The van der Waals surface area contributed by atoms with Crippen LogP contribution in [0.5, 0.6) is 5.75 Å². The molecule has 21 heavy (non-hydrogen) atoms. The number of para-hydroxylation sites is 1. The number of hydrogen-bond acceptors (Lipinski definition) is 2. The fourth-order valence-electron chi connectivity index (χ4n) is 2.12. The van der Waals surface area contributed by atoms with Crippen LogP contribution in [0, 0.1) is 0 Å². The summed E-state index contributed by atoms with van der Waals surface area (Å²) in [6.45, 7) is 4.21. The van der Waals surface area contributed by atoms with E-state index in [2.05, 4.69) is 35.1 Å². The Morgan fingerprint density at radius 1 is 1.19 bits per heavy atom. The Morgan fingerprint density at radius 3 is 2.52 bits per heavy atom. The van der Waals surface area contributed by atoms with Crippen LogP contribution in [0.4, 0.5) is 5.69 Å². The molecule has 0 atom stereocenters. The fraction of sp³-hybridized carbons (Fsp3) is 0.235. The molecule has 1 N–H and O–H groups in total. The zero-order valence-electron chi connectivity index (χ0n) is 12.3. The second kappa shape index (κ2) is 6.76. The first-order valence-electron chi connectivity index (χ1n) is 6.76. The van der Waals surface area contributed by atoms with E-state index in [9.17, 15) is 4.79 Å². The van der Waals surface area contributed by atoms with Crippen molar-refractivity contribution in [2.45, 2.75) is 19.8 Å². The minimum absolute atomic E-state index is 0.133. The van der Waals surface area contributed by atoms with Crippen LogP contribution in [0.2, 0.25) is 0 Å². The highest BCUT2D eigenvalue weighted by molar-refractivity contribution is 9.10. The van der Waals surface area contributed by atoms with Gasteiger partial charge < -0.3 is 10.1 Å². The van der Waals surface area contributed by atoms with Crippen molar-refractivity contribution in [3.8, 4) is 5.75 Å². The molecule has 110 valence electrons. The van der Waals surface area contributed by atoms with Crippen LogP contribution < -0.4 is 10.1 Å². The Morgan fingerprint density at radius 2 is 1.90 bits per heavy atom. The minimum atomic E-state index is -0.133. The number of rotatable bonds is 4. The number of benzene rings is 2. The van der Waals surface area contributed by atoms with Gasteiger partial charge in [-0.25, -0.2) is 0 Å². The summed E-state index contributed by atoms with van der Waals surface area (Å²) in [7, 11) is 1.60. The van der Waals surface area contributed by atoms with Gasteiger partial charge in [-0.05, 0) is 51.7 Å². The lowest BCUT2D eigenvalue weighted by Gasteiger charge is -2.14. The number of carbonyl (C=O) groups excluding carboxylic acids is 1. The van der Waals surface area contributed by atoms with Crippen LogP contribution in [0.1, 0.15) is 35.7 Å². The Labute approximate surface area is 133 Å². The van der Waals surface area contributed by atoms with E-state index in [0.29, 0.717) is 17.2 Å². The average molecular weight is 348 g/mol. The van der Waals surface area contributed by atoms with Crippen LogP contribution in [0.25, 0.3) is 0 Å². The Balaban J connectivity index is 2.24. The topological polar surface area (TPSA) is 38.3 Å². The number of nitrogens with one attached hydrogen (secondary N) is 1. The molecule has 0 aliphatic carbocycles. The van der Waals surface area contributed by atoms with E-state index in [1.54, 1.807) is 25.3 Å². The number of halogens is 1. The Bertz CT molecular complexity index is 653. The van der Waals surface area contributed by atoms with E-state index in [0.717, 1.165) is 15.7 Å². The summed E-state index contributed by atoms with van der Waals surface area (Å²) in [6, 6.07) is 13.1. The number of anilines is 1. The van der Waals surface area contributed by atoms with Gasteiger partial charge in [0.15, 0.2) is 0 Å². The summed E-state index contributed by atoms with van der Waals surface area (Å²) in [5.41, 5.74) is 2.56. The van der Waals surface area contributed by atoms with E-state index in [4.69, 9.17) is 4.74 Å². The highest BCUT2D eigenvalue weighted by Crippen LogP contribution is 2.27. The Hall–Kier alpha value is -1.81. The van der Waals surface area contributed by atoms with Gasteiger partial charge in [-0.3, -0.25) is 4.79 Å². The molecular formula is C17H18BrNO2. The zero-order valence-corrected chi connectivity index (χ0v) is 13.9. The van der Waals surface area contributed by atoms with Gasteiger partial charge in [0, 0.05) is 11.3 Å². The maximum atomic E-state index is 12.4. The summed E-state index contributed by atoms with van der Waals surface area (Å²) in [6.07, 6.45) is 0. The van der Waals surface area contributed by atoms with E-state index in [1.165, 1.54) is 0 Å². The lowest BCUT2D eigenvalue weighted by Crippen LogP contribution is -2.13. The predicted molar refractivity (Wildman–Crippen MR) is 89.2 cm³/mol.